The Hall–Kier alpha value is -4.19. The van der Waals surface area contributed by atoms with Crippen LogP contribution in [0.1, 0.15) is 52.7 Å². The van der Waals surface area contributed by atoms with E-state index in [2.05, 4.69) is 0 Å². The van der Waals surface area contributed by atoms with Gasteiger partial charge < -0.3 is 5.11 Å². The van der Waals surface area contributed by atoms with Crippen LogP contribution in [0.5, 0.6) is 0 Å². The summed E-state index contributed by atoms with van der Waals surface area (Å²) in [6, 6.07) is 23.2. The number of nitrogens with zero attached hydrogens (tertiary/aromatic N) is 2. The van der Waals surface area contributed by atoms with E-state index >= 15 is 0 Å². The fraction of sp³-hybridized carbons (Fsp3) is 0.179. The molecule has 0 unspecified atom stereocenters. The van der Waals surface area contributed by atoms with Crippen molar-refractivity contribution in [2.75, 3.05) is 0 Å². The topological polar surface area (TPSA) is 81.3 Å². The molecule has 6 nitrogen and oxygen atoms in total. The Labute approximate surface area is 197 Å². The first-order valence-corrected chi connectivity index (χ1v) is 11.0. The molecule has 0 fully saturated rings. The fourth-order valence-electron chi connectivity index (χ4n) is 4.02. The first-order chi connectivity index (χ1) is 16.2. The predicted molar refractivity (Wildman–Crippen MR) is 132 cm³/mol. The van der Waals surface area contributed by atoms with Gasteiger partial charge in [0.25, 0.3) is 5.91 Å². The molecule has 0 spiro atoms. The van der Waals surface area contributed by atoms with Crippen molar-refractivity contribution >= 4 is 11.9 Å². The number of benzene rings is 3. The van der Waals surface area contributed by atoms with E-state index in [9.17, 15) is 19.5 Å². The van der Waals surface area contributed by atoms with E-state index in [4.69, 9.17) is 0 Å². The van der Waals surface area contributed by atoms with Crippen LogP contribution in [0.4, 0.5) is 0 Å². The molecular weight excluding hydrogens is 428 g/mol. The first kappa shape index (κ1) is 23.0. The molecule has 0 amide bonds. The third-order valence-electron chi connectivity index (χ3n) is 5.73. The Morgan fingerprint density at radius 3 is 2.09 bits per heavy atom. The second-order valence-electron chi connectivity index (χ2n) is 9.23. The molecule has 3 aromatic carbocycles. The number of carbonyl (C=O) groups is 2. The minimum absolute atomic E-state index is 0.149. The van der Waals surface area contributed by atoms with Gasteiger partial charge in [0.1, 0.15) is 0 Å². The van der Waals surface area contributed by atoms with Gasteiger partial charge in [0.05, 0.1) is 12.1 Å². The van der Waals surface area contributed by atoms with Crippen molar-refractivity contribution in [2.24, 2.45) is 0 Å². The number of hydrogen-bond donors (Lipinski definition) is 1. The maximum absolute atomic E-state index is 13.4. The minimum Gasteiger partial charge on any atom is -0.478 e. The van der Waals surface area contributed by atoms with Gasteiger partial charge in [-0.05, 0) is 34.9 Å². The lowest BCUT2D eigenvalue weighted by Gasteiger charge is -2.20. The van der Waals surface area contributed by atoms with E-state index in [-0.39, 0.29) is 12.1 Å². The average molecular weight is 455 g/mol. The maximum atomic E-state index is 13.4. The number of carbonyl (C=O) groups excluding carboxylic acids is 1. The van der Waals surface area contributed by atoms with Crippen molar-refractivity contribution in [1.29, 1.82) is 0 Å². The predicted octanol–water partition coefficient (Wildman–Crippen LogP) is 5.05. The summed E-state index contributed by atoms with van der Waals surface area (Å²) >= 11 is 0. The van der Waals surface area contributed by atoms with Crippen molar-refractivity contribution in [3.8, 4) is 11.1 Å². The Morgan fingerprint density at radius 2 is 1.50 bits per heavy atom. The molecule has 0 aliphatic heterocycles. The van der Waals surface area contributed by atoms with Crippen LogP contribution >= 0.6 is 0 Å². The number of imidazole rings is 1. The molecule has 0 radical (unpaired) electrons. The second kappa shape index (κ2) is 8.98. The molecule has 172 valence electrons. The monoisotopic (exact) mass is 454 g/mol. The largest absolute Gasteiger partial charge is 0.478 e. The van der Waals surface area contributed by atoms with Crippen LogP contribution in [-0.4, -0.2) is 26.1 Å². The number of carboxylic acid groups (broad SMARTS) is 1. The lowest BCUT2D eigenvalue weighted by atomic mass is 9.92. The fourth-order valence-corrected chi connectivity index (χ4v) is 4.02. The van der Waals surface area contributed by atoms with Crippen molar-refractivity contribution in [3.05, 3.63) is 118 Å². The minimum atomic E-state index is -1.04. The van der Waals surface area contributed by atoms with Gasteiger partial charge in [0.2, 0.25) is 0 Å². The Bertz CT molecular complexity index is 1410. The SMILES string of the molecule is CC(C)(C)c1cn(C(=O)c2ccccc2)c(=O)n1Cc1ccc(-c2ccccc2)c(C(=O)O)c1. The van der Waals surface area contributed by atoms with Crippen molar-refractivity contribution in [3.63, 3.8) is 0 Å². The van der Waals surface area contributed by atoms with Crippen LogP contribution in [0.25, 0.3) is 11.1 Å². The van der Waals surface area contributed by atoms with E-state index in [1.807, 2.05) is 63.2 Å². The highest BCUT2D eigenvalue weighted by molar-refractivity contribution is 5.96. The van der Waals surface area contributed by atoms with Gasteiger partial charge in [-0.3, -0.25) is 9.36 Å². The second-order valence-corrected chi connectivity index (χ2v) is 9.23. The molecule has 0 atom stereocenters. The molecule has 0 saturated heterocycles. The summed E-state index contributed by atoms with van der Waals surface area (Å²) in [5, 5.41) is 9.84. The van der Waals surface area contributed by atoms with Gasteiger partial charge in [-0.1, -0.05) is 81.4 Å². The average Bonchev–Trinajstić information content (AvgIpc) is 3.16. The van der Waals surface area contributed by atoms with Gasteiger partial charge in [-0.2, -0.15) is 0 Å². The maximum Gasteiger partial charge on any atom is 0.336 e. The highest BCUT2D eigenvalue weighted by Gasteiger charge is 2.25. The lowest BCUT2D eigenvalue weighted by Crippen LogP contribution is -2.31. The molecule has 0 saturated carbocycles. The molecule has 6 heteroatoms. The molecule has 0 aliphatic rings. The third-order valence-corrected chi connectivity index (χ3v) is 5.73. The van der Waals surface area contributed by atoms with Gasteiger partial charge in [0, 0.05) is 22.9 Å². The number of carboxylic acids is 1. The Kier molecular flexibility index (Phi) is 6.07. The van der Waals surface area contributed by atoms with Crippen LogP contribution in [0, 0.1) is 0 Å². The summed E-state index contributed by atoms with van der Waals surface area (Å²) in [5.41, 5.74) is 2.47. The van der Waals surface area contributed by atoms with Crippen molar-refractivity contribution < 1.29 is 14.7 Å². The van der Waals surface area contributed by atoms with Crippen LogP contribution in [-0.2, 0) is 12.0 Å². The van der Waals surface area contributed by atoms with Gasteiger partial charge >= 0.3 is 11.7 Å². The standard InChI is InChI=1S/C28H26N2O4/c1-28(2,3)24-18-30(25(31)21-12-8-5-9-13-21)27(34)29(24)17-19-14-15-22(23(16-19)26(32)33)20-10-6-4-7-11-20/h4-16,18H,17H2,1-3H3,(H,32,33). The van der Waals surface area contributed by atoms with Crippen LogP contribution < -0.4 is 5.69 Å². The van der Waals surface area contributed by atoms with E-state index in [0.717, 1.165) is 10.1 Å². The lowest BCUT2D eigenvalue weighted by molar-refractivity contribution is 0.0697. The molecule has 0 aliphatic carbocycles. The molecule has 34 heavy (non-hydrogen) atoms. The number of rotatable bonds is 5. The first-order valence-electron chi connectivity index (χ1n) is 11.0. The summed E-state index contributed by atoms with van der Waals surface area (Å²) in [5.74, 6) is -1.44. The Balaban J connectivity index is 1.79. The summed E-state index contributed by atoms with van der Waals surface area (Å²) in [7, 11) is 0. The van der Waals surface area contributed by atoms with Gasteiger partial charge in [0.15, 0.2) is 0 Å². The molecule has 1 heterocycles. The summed E-state index contributed by atoms with van der Waals surface area (Å²) in [6.07, 6.45) is 1.59. The molecule has 1 aromatic heterocycles. The number of hydrogen-bond acceptors (Lipinski definition) is 3. The summed E-state index contributed by atoms with van der Waals surface area (Å²) in [6.45, 7) is 6.06. The molecule has 1 N–H and O–H groups in total. The molecule has 0 bridgehead atoms. The van der Waals surface area contributed by atoms with E-state index in [0.29, 0.717) is 22.4 Å². The van der Waals surface area contributed by atoms with Crippen LogP contribution in [0.15, 0.2) is 89.9 Å². The van der Waals surface area contributed by atoms with E-state index < -0.39 is 23.0 Å². The van der Waals surface area contributed by atoms with E-state index in [1.54, 1.807) is 47.2 Å². The van der Waals surface area contributed by atoms with Gasteiger partial charge in [-0.25, -0.2) is 14.2 Å². The van der Waals surface area contributed by atoms with Crippen molar-refractivity contribution in [1.82, 2.24) is 9.13 Å². The Morgan fingerprint density at radius 1 is 0.882 bits per heavy atom. The third kappa shape index (κ3) is 4.48. The number of aromatic nitrogens is 2. The zero-order valence-electron chi connectivity index (χ0n) is 19.4. The zero-order valence-corrected chi connectivity index (χ0v) is 19.4. The van der Waals surface area contributed by atoms with E-state index in [1.165, 1.54) is 0 Å². The zero-order chi connectivity index (χ0) is 24.5. The van der Waals surface area contributed by atoms with Crippen molar-refractivity contribution in [2.45, 2.75) is 32.7 Å². The highest BCUT2D eigenvalue weighted by atomic mass is 16.4. The smallest absolute Gasteiger partial charge is 0.336 e. The normalized spacial score (nSPS) is 11.4. The molecule has 4 rings (SSSR count). The molecular formula is C28H26N2O4. The quantitative estimate of drug-likeness (QED) is 0.458. The van der Waals surface area contributed by atoms with Crippen LogP contribution in [0.3, 0.4) is 0 Å². The summed E-state index contributed by atoms with van der Waals surface area (Å²) in [4.78, 5) is 38.4. The summed E-state index contributed by atoms with van der Waals surface area (Å²) < 4.78 is 2.68. The van der Waals surface area contributed by atoms with Crippen LogP contribution in [0.2, 0.25) is 0 Å². The highest BCUT2D eigenvalue weighted by Crippen LogP contribution is 2.27. The van der Waals surface area contributed by atoms with Gasteiger partial charge in [-0.15, -0.1) is 0 Å². The molecule has 4 aromatic rings. The number of aromatic carboxylic acids is 1.